The first-order chi connectivity index (χ1) is 12.1. The molecule has 0 aliphatic carbocycles. The Kier molecular flexibility index (Phi) is 5.03. The highest BCUT2D eigenvalue weighted by Gasteiger charge is 2.34. The molecule has 2 amide bonds. The lowest BCUT2D eigenvalue weighted by molar-refractivity contribution is -0.129. The van der Waals surface area contributed by atoms with E-state index >= 15 is 0 Å². The molecule has 2 atom stereocenters. The Balaban J connectivity index is 1.74. The minimum atomic E-state index is -0.547. The number of hydrogen-bond donors (Lipinski definition) is 1. The van der Waals surface area contributed by atoms with E-state index in [9.17, 15) is 9.59 Å². The maximum atomic E-state index is 12.6. The second kappa shape index (κ2) is 7.38. The van der Waals surface area contributed by atoms with E-state index in [1.165, 1.54) is 4.90 Å². The quantitative estimate of drug-likeness (QED) is 0.911. The van der Waals surface area contributed by atoms with Gasteiger partial charge in [-0.2, -0.15) is 0 Å². The normalized spacial score (nSPS) is 17.4. The zero-order chi connectivity index (χ0) is 17.8. The van der Waals surface area contributed by atoms with E-state index in [2.05, 4.69) is 5.32 Å². The molecule has 25 heavy (non-hydrogen) atoms. The molecule has 1 N–H and O–H groups in total. The molecule has 2 aromatic rings. The molecule has 0 bridgehead atoms. The molecule has 5 heteroatoms. The van der Waals surface area contributed by atoms with Crippen molar-refractivity contribution < 1.29 is 14.3 Å². The standard InChI is InChI=1S/C20H22N2O3/c1-3-17-20(24)22(16-11-7-8-12-18(16)25-17)13-19(23)21-14(2)15-9-5-4-6-10-15/h4-12,14,17H,3,13H2,1-2H3,(H,21,23). The first-order valence-corrected chi connectivity index (χ1v) is 8.51. The summed E-state index contributed by atoms with van der Waals surface area (Å²) in [6, 6.07) is 16.9. The number of amides is 2. The van der Waals surface area contributed by atoms with Gasteiger partial charge in [-0.25, -0.2) is 0 Å². The average Bonchev–Trinajstić information content (AvgIpc) is 2.64. The van der Waals surface area contributed by atoms with Crippen molar-refractivity contribution in [2.45, 2.75) is 32.4 Å². The van der Waals surface area contributed by atoms with Crippen LogP contribution in [0.15, 0.2) is 54.6 Å². The van der Waals surface area contributed by atoms with Crippen molar-refractivity contribution in [3.63, 3.8) is 0 Å². The molecular formula is C20H22N2O3. The van der Waals surface area contributed by atoms with Gasteiger partial charge in [0, 0.05) is 0 Å². The summed E-state index contributed by atoms with van der Waals surface area (Å²) < 4.78 is 5.73. The predicted octanol–water partition coefficient (Wildman–Crippen LogP) is 3.07. The highest BCUT2D eigenvalue weighted by atomic mass is 16.5. The number of rotatable bonds is 5. The van der Waals surface area contributed by atoms with Crippen molar-refractivity contribution in [1.29, 1.82) is 0 Å². The fourth-order valence-electron chi connectivity index (χ4n) is 2.95. The van der Waals surface area contributed by atoms with Crippen LogP contribution in [0.4, 0.5) is 5.69 Å². The third kappa shape index (κ3) is 3.65. The number of carbonyl (C=O) groups excluding carboxylic acids is 2. The second-order valence-corrected chi connectivity index (χ2v) is 6.11. The second-order valence-electron chi connectivity index (χ2n) is 6.11. The number of carbonyl (C=O) groups is 2. The summed E-state index contributed by atoms with van der Waals surface area (Å²) in [6.07, 6.45) is 0.0142. The summed E-state index contributed by atoms with van der Waals surface area (Å²) >= 11 is 0. The van der Waals surface area contributed by atoms with Gasteiger partial charge < -0.3 is 10.1 Å². The number of nitrogens with one attached hydrogen (secondary N) is 1. The van der Waals surface area contributed by atoms with Gasteiger partial charge in [0.1, 0.15) is 12.3 Å². The summed E-state index contributed by atoms with van der Waals surface area (Å²) in [5.41, 5.74) is 1.66. The molecule has 0 fully saturated rings. The number of para-hydroxylation sites is 2. The van der Waals surface area contributed by atoms with Gasteiger partial charge in [0.2, 0.25) is 5.91 Å². The fraction of sp³-hybridized carbons (Fsp3) is 0.300. The van der Waals surface area contributed by atoms with Crippen LogP contribution in [0.1, 0.15) is 31.9 Å². The molecule has 0 aromatic heterocycles. The first kappa shape index (κ1) is 17.0. The number of anilines is 1. The molecule has 1 aliphatic rings. The van der Waals surface area contributed by atoms with Crippen LogP contribution < -0.4 is 15.0 Å². The number of nitrogens with zero attached hydrogens (tertiary/aromatic N) is 1. The third-order valence-corrected chi connectivity index (χ3v) is 4.32. The number of fused-ring (bicyclic) bond motifs is 1. The number of hydrogen-bond acceptors (Lipinski definition) is 3. The smallest absolute Gasteiger partial charge is 0.268 e. The largest absolute Gasteiger partial charge is 0.478 e. The molecule has 1 heterocycles. The molecule has 0 spiro atoms. The molecular weight excluding hydrogens is 316 g/mol. The van der Waals surface area contributed by atoms with Gasteiger partial charge in [-0.3, -0.25) is 14.5 Å². The van der Waals surface area contributed by atoms with Gasteiger partial charge in [0.05, 0.1) is 11.7 Å². The highest BCUT2D eigenvalue weighted by Crippen LogP contribution is 2.34. The van der Waals surface area contributed by atoms with Gasteiger partial charge >= 0.3 is 0 Å². The van der Waals surface area contributed by atoms with Crippen LogP contribution in [0, 0.1) is 0 Å². The van der Waals surface area contributed by atoms with Crippen LogP contribution >= 0.6 is 0 Å². The van der Waals surface area contributed by atoms with E-state index in [1.807, 2.05) is 62.4 Å². The van der Waals surface area contributed by atoms with E-state index in [4.69, 9.17) is 4.74 Å². The Bertz CT molecular complexity index is 761. The minimum Gasteiger partial charge on any atom is -0.478 e. The Hall–Kier alpha value is -2.82. The Labute approximate surface area is 147 Å². The topological polar surface area (TPSA) is 58.6 Å². The van der Waals surface area contributed by atoms with Crippen LogP contribution in [0.25, 0.3) is 0 Å². The zero-order valence-corrected chi connectivity index (χ0v) is 14.4. The van der Waals surface area contributed by atoms with E-state index in [1.54, 1.807) is 6.07 Å². The highest BCUT2D eigenvalue weighted by molar-refractivity contribution is 6.03. The molecule has 0 radical (unpaired) electrons. The Morgan fingerprint density at radius 2 is 1.84 bits per heavy atom. The maximum absolute atomic E-state index is 12.6. The van der Waals surface area contributed by atoms with Crippen molar-refractivity contribution in [3.8, 4) is 5.75 Å². The molecule has 2 unspecified atom stereocenters. The lowest BCUT2D eigenvalue weighted by Gasteiger charge is -2.33. The van der Waals surface area contributed by atoms with Crippen LogP contribution in [-0.2, 0) is 9.59 Å². The zero-order valence-electron chi connectivity index (χ0n) is 14.4. The number of benzene rings is 2. The number of ether oxygens (including phenoxy) is 1. The molecule has 2 aromatic carbocycles. The molecule has 1 aliphatic heterocycles. The van der Waals surface area contributed by atoms with E-state index in [-0.39, 0.29) is 24.4 Å². The van der Waals surface area contributed by atoms with Crippen molar-refractivity contribution in [2.75, 3.05) is 11.4 Å². The molecule has 130 valence electrons. The molecule has 3 rings (SSSR count). The van der Waals surface area contributed by atoms with E-state index in [0.717, 1.165) is 5.56 Å². The van der Waals surface area contributed by atoms with E-state index in [0.29, 0.717) is 17.9 Å². The van der Waals surface area contributed by atoms with Gasteiger partial charge in [-0.15, -0.1) is 0 Å². The summed E-state index contributed by atoms with van der Waals surface area (Å²) in [5, 5.41) is 2.95. The SMILES string of the molecule is CCC1Oc2ccccc2N(CC(=O)NC(C)c2ccccc2)C1=O. The lowest BCUT2D eigenvalue weighted by atomic mass is 10.1. The van der Waals surface area contributed by atoms with Crippen molar-refractivity contribution in [3.05, 3.63) is 60.2 Å². The predicted molar refractivity (Wildman–Crippen MR) is 96.5 cm³/mol. The van der Waals surface area contributed by atoms with Gasteiger partial charge in [0.25, 0.3) is 5.91 Å². The summed E-state index contributed by atoms with van der Waals surface area (Å²) in [7, 11) is 0. The van der Waals surface area contributed by atoms with Gasteiger partial charge in [-0.05, 0) is 31.0 Å². The van der Waals surface area contributed by atoms with Crippen molar-refractivity contribution >= 4 is 17.5 Å². The lowest BCUT2D eigenvalue weighted by Crippen LogP contribution is -2.49. The van der Waals surface area contributed by atoms with Crippen molar-refractivity contribution in [1.82, 2.24) is 5.32 Å². The van der Waals surface area contributed by atoms with Crippen LogP contribution in [-0.4, -0.2) is 24.5 Å². The summed E-state index contributed by atoms with van der Waals surface area (Å²) in [6.45, 7) is 3.80. The fourth-order valence-corrected chi connectivity index (χ4v) is 2.95. The van der Waals surface area contributed by atoms with Crippen LogP contribution in [0.3, 0.4) is 0 Å². The average molecular weight is 338 g/mol. The molecule has 0 saturated heterocycles. The first-order valence-electron chi connectivity index (χ1n) is 8.51. The molecule has 0 saturated carbocycles. The summed E-state index contributed by atoms with van der Waals surface area (Å²) in [5.74, 6) is 0.262. The summed E-state index contributed by atoms with van der Waals surface area (Å²) in [4.78, 5) is 26.6. The monoisotopic (exact) mass is 338 g/mol. The van der Waals surface area contributed by atoms with E-state index < -0.39 is 6.10 Å². The minimum absolute atomic E-state index is 0.0210. The Morgan fingerprint density at radius 3 is 2.56 bits per heavy atom. The van der Waals surface area contributed by atoms with Crippen LogP contribution in [0.2, 0.25) is 0 Å². The van der Waals surface area contributed by atoms with Crippen molar-refractivity contribution in [2.24, 2.45) is 0 Å². The maximum Gasteiger partial charge on any atom is 0.268 e. The Morgan fingerprint density at radius 1 is 1.16 bits per heavy atom. The van der Waals surface area contributed by atoms with Gasteiger partial charge in [0.15, 0.2) is 6.10 Å². The van der Waals surface area contributed by atoms with Crippen LogP contribution in [0.5, 0.6) is 5.75 Å². The molecule has 5 nitrogen and oxygen atoms in total. The third-order valence-electron chi connectivity index (χ3n) is 4.32. The van der Waals surface area contributed by atoms with Gasteiger partial charge in [-0.1, -0.05) is 49.4 Å².